The van der Waals surface area contributed by atoms with Gasteiger partial charge in [0, 0.05) is 12.6 Å². The van der Waals surface area contributed by atoms with Gasteiger partial charge in [0.05, 0.1) is 34.5 Å². The zero-order valence-electron chi connectivity index (χ0n) is 23.6. The summed E-state index contributed by atoms with van der Waals surface area (Å²) in [7, 11) is 0. The lowest BCUT2D eigenvalue weighted by atomic mass is 9.84. The van der Waals surface area contributed by atoms with Crippen LogP contribution in [0.3, 0.4) is 0 Å². The van der Waals surface area contributed by atoms with Crippen LogP contribution in [-0.4, -0.2) is 38.9 Å². The Morgan fingerprint density at radius 3 is 2.00 bits per heavy atom. The topological polar surface area (TPSA) is 87.2 Å². The number of carbonyl (C=O) groups excluding carboxylic acids is 1. The molecule has 3 aromatic rings. The van der Waals surface area contributed by atoms with Gasteiger partial charge >= 0.3 is 24.6 Å². The lowest BCUT2D eigenvalue weighted by Gasteiger charge is -2.45. The van der Waals surface area contributed by atoms with E-state index in [4.69, 9.17) is 4.74 Å². The van der Waals surface area contributed by atoms with Crippen LogP contribution in [0.2, 0.25) is 0 Å². The van der Waals surface area contributed by atoms with Gasteiger partial charge in [0.25, 0.3) is 5.95 Å². The van der Waals surface area contributed by atoms with E-state index in [0.29, 0.717) is 12.1 Å². The molecule has 0 fully saturated rings. The van der Waals surface area contributed by atoms with E-state index in [2.05, 4.69) is 20.6 Å². The number of carbonyl (C=O) groups is 1. The summed E-state index contributed by atoms with van der Waals surface area (Å²) in [6.45, 7) is 5.98. The fourth-order valence-electron chi connectivity index (χ4n) is 5.12. The predicted molar refractivity (Wildman–Crippen MR) is 138 cm³/mol. The highest BCUT2D eigenvalue weighted by atomic mass is 19.4. The number of amides is 1. The SMILES string of the molecule is CC(C)OC(=O)N1c2ccc(C(F)(F)F)cc2[C@H](N(Cc2cc(C(F)(F)F)cc(C(F)(F)F)c2)c2nn[nH]n2)C[C@@H]1C(C)C. The molecule has 4 rings (SSSR count). The monoisotopic (exact) mass is 638 g/mol. The van der Waals surface area contributed by atoms with Gasteiger partial charge in [0.1, 0.15) is 0 Å². The van der Waals surface area contributed by atoms with Crippen molar-refractivity contribution in [2.75, 3.05) is 9.80 Å². The van der Waals surface area contributed by atoms with E-state index in [1.54, 1.807) is 27.7 Å². The van der Waals surface area contributed by atoms with E-state index in [-0.39, 0.29) is 35.6 Å². The third kappa shape index (κ3) is 7.01. The minimum absolute atomic E-state index is 0.0205. The number of benzene rings is 2. The van der Waals surface area contributed by atoms with E-state index < -0.39 is 71.6 Å². The van der Waals surface area contributed by atoms with Gasteiger partial charge in [-0.25, -0.2) is 4.79 Å². The Bertz CT molecular complexity index is 1440. The largest absolute Gasteiger partial charge is 0.446 e. The minimum Gasteiger partial charge on any atom is -0.446 e. The summed E-state index contributed by atoms with van der Waals surface area (Å²) < 4.78 is 129. The Morgan fingerprint density at radius 1 is 0.932 bits per heavy atom. The number of nitrogens with one attached hydrogen (secondary N) is 1. The third-order valence-corrected chi connectivity index (χ3v) is 7.04. The van der Waals surface area contributed by atoms with Crippen LogP contribution in [-0.2, 0) is 29.8 Å². The molecule has 0 bridgehead atoms. The van der Waals surface area contributed by atoms with Crippen molar-refractivity contribution in [3.8, 4) is 0 Å². The molecule has 1 aromatic heterocycles. The highest BCUT2D eigenvalue weighted by molar-refractivity contribution is 5.90. The first-order valence-electron chi connectivity index (χ1n) is 13.3. The normalized spacial score (nSPS) is 17.7. The number of nitrogens with zero attached hydrogens (tertiary/aromatic N) is 5. The van der Waals surface area contributed by atoms with Crippen molar-refractivity contribution in [2.24, 2.45) is 5.92 Å². The Morgan fingerprint density at radius 2 is 1.52 bits per heavy atom. The van der Waals surface area contributed by atoms with Crippen LogP contribution in [0.15, 0.2) is 36.4 Å². The van der Waals surface area contributed by atoms with Crippen LogP contribution < -0.4 is 9.80 Å². The molecular formula is C27H27F9N6O2. The van der Waals surface area contributed by atoms with Gasteiger partial charge in [-0.3, -0.25) is 4.90 Å². The van der Waals surface area contributed by atoms with Gasteiger partial charge in [-0.05, 0) is 78.9 Å². The summed E-state index contributed by atoms with van der Waals surface area (Å²) in [5.41, 5.74) is -4.76. The van der Waals surface area contributed by atoms with Crippen LogP contribution in [0.5, 0.6) is 0 Å². The number of ether oxygens (including phenoxy) is 1. The average molecular weight is 639 g/mol. The molecule has 0 saturated carbocycles. The van der Waals surface area contributed by atoms with E-state index >= 15 is 0 Å². The number of aromatic nitrogens is 4. The first-order chi connectivity index (χ1) is 20.3. The number of fused-ring (bicyclic) bond motifs is 1. The molecule has 2 heterocycles. The number of aromatic amines is 1. The standard InChI is InChI=1S/C27H27F9N6O2/c1-13(2)21-11-22(19-10-16(25(28,29)30)5-6-20(19)42(21)24(43)44-14(3)4)41(23-37-39-40-38-23)12-15-7-17(26(31,32)33)9-18(8-15)27(34,35)36/h5-10,13-14,21-22H,11-12H2,1-4H3,(H,37,38,39,40)/t21-,22-/m1/s1. The molecule has 1 amide bonds. The highest BCUT2D eigenvalue weighted by Crippen LogP contribution is 2.46. The number of halogens is 9. The van der Waals surface area contributed by atoms with E-state index in [1.165, 1.54) is 9.80 Å². The summed E-state index contributed by atoms with van der Waals surface area (Å²) in [5.74, 6) is -0.629. The van der Waals surface area contributed by atoms with Crippen LogP contribution in [0, 0.1) is 5.92 Å². The van der Waals surface area contributed by atoms with Gasteiger partial charge in [-0.1, -0.05) is 18.9 Å². The maximum absolute atomic E-state index is 13.9. The molecule has 8 nitrogen and oxygen atoms in total. The van der Waals surface area contributed by atoms with Crippen molar-refractivity contribution < 1.29 is 49.0 Å². The Kier molecular flexibility index (Phi) is 8.81. The number of hydrogen-bond donors (Lipinski definition) is 1. The van der Waals surface area contributed by atoms with Crippen LogP contribution in [0.1, 0.15) is 68.0 Å². The molecule has 1 aliphatic heterocycles. The number of rotatable bonds is 6. The molecule has 44 heavy (non-hydrogen) atoms. The fraction of sp³-hybridized carbons (Fsp3) is 0.481. The molecule has 1 N–H and O–H groups in total. The third-order valence-electron chi connectivity index (χ3n) is 7.04. The molecule has 0 radical (unpaired) electrons. The minimum atomic E-state index is -5.13. The Labute approximate surface area is 245 Å². The first-order valence-corrected chi connectivity index (χ1v) is 13.3. The highest BCUT2D eigenvalue weighted by Gasteiger charge is 2.44. The summed E-state index contributed by atoms with van der Waals surface area (Å²) in [6.07, 6.45) is -16.6. The predicted octanol–water partition coefficient (Wildman–Crippen LogP) is 7.78. The zero-order valence-corrected chi connectivity index (χ0v) is 23.6. The average Bonchev–Trinajstić information content (AvgIpc) is 3.43. The number of anilines is 2. The Balaban J connectivity index is 1.93. The van der Waals surface area contributed by atoms with Gasteiger partial charge in [-0.2, -0.15) is 44.7 Å². The molecule has 2 aromatic carbocycles. The molecule has 0 aliphatic carbocycles. The lowest BCUT2D eigenvalue weighted by Crippen LogP contribution is -2.50. The lowest BCUT2D eigenvalue weighted by molar-refractivity contribution is -0.143. The molecular weight excluding hydrogens is 611 g/mol. The molecule has 0 saturated heterocycles. The van der Waals surface area contributed by atoms with Crippen molar-refractivity contribution in [3.05, 3.63) is 64.2 Å². The maximum Gasteiger partial charge on any atom is 0.416 e. The van der Waals surface area contributed by atoms with Crippen molar-refractivity contribution in [1.82, 2.24) is 20.6 Å². The van der Waals surface area contributed by atoms with Gasteiger partial charge in [0.15, 0.2) is 0 Å². The second-order valence-electron chi connectivity index (χ2n) is 10.9. The van der Waals surface area contributed by atoms with Crippen LogP contribution >= 0.6 is 0 Å². The van der Waals surface area contributed by atoms with Gasteiger partial charge in [-0.15, -0.1) is 5.10 Å². The molecule has 0 unspecified atom stereocenters. The van der Waals surface area contributed by atoms with E-state index in [0.717, 1.165) is 18.2 Å². The Hall–Kier alpha value is -4.05. The number of alkyl halides is 9. The zero-order chi connectivity index (χ0) is 32.8. The van der Waals surface area contributed by atoms with Crippen molar-refractivity contribution in [2.45, 2.75) is 77.4 Å². The van der Waals surface area contributed by atoms with Gasteiger partial charge in [0.2, 0.25) is 0 Å². The van der Waals surface area contributed by atoms with Crippen molar-refractivity contribution in [3.63, 3.8) is 0 Å². The molecule has 2 atom stereocenters. The van der Waals surface area contributed by atoms with Crippen molar-refractivity contribution >= 4 is 17.7 Å². The number of H-pyrrole nitrogens is 1. The second-order valence-corrected chi connectivity index (χ2v) is 10.9. The summed E-state index contributed by atoms with van der Waals surface area (Å²) >= 11 is 0. The molecule has 0 spiro atoms. The van der Waals surface area contributed by atoms with Crippen LogP contribution in [0.4, 0.5) is 55.9 Å². The van der Waals surface area contributed by atoms with Crippen molar-refractivity contribution in [1.29, 1.82) is 0 Å². The smallest absolute Gasteiger partial charge is 0.416 e. The van der Waals surface area contributed by atoms with E-state index in [9.17, 15) is 44.3 Å². The van der Waals surface area contributed by atoms with Gasteiger partial charge < -0.3 is 9.64 Å². The van der Waals surface area contributed by atoms with E-state index in [1.807, 2.05) is 0 Å². The summed E-state index contributed by atoms with van der Waals surface area (Å²) in [5, 5.41) is 13.3. The number of tetrazole rings is 1. The summed E-state index contributed by atoms with van der Waals surface area (Å²) in [4.78, 5) is 15.6. The first kappa shape index (κ1) is 32.9. The number of hydrogen-bond acceptors (Lipinski definition) is 6. The fourth-order valence-corrected chi connectivity index (χ4v) is 5.12. The quantitative estimate of drug-likeness (QED) is 0.278. The molecule has 17 heteroatoms. The second kappa shape index (κ2) is 11.8. The molecule has 240 valence electrons. The summed E-state index contributed by atoms with van der Waals surface area (Å²) in [6, 6.07) is 1.76. The maximum atomic E-state index is 13.9. The molecule has 1 aliphatic rings. The van der Waals surface area contributed by atoms with Crippen LogP contribution in [0.25, 0.3) is 0 Å².